The number of amides is 2. The Labute approximate surface area is 161 Å². The molecule has 1 aliphatic heterocycles. The minimum Gasteiger partial charge on any atom is -0.488 e. The van der Waals surface area contributed by atoms with E-state index in [4.69, 9.17) is 4.74 Å². The fraction of sp³-hybridized carbons (Fsp3) is 0.588. The molecule has 2 heterocycles. The Bertz CT molecular complexity index is 810. The summed E-state index contributed by atoms with van der Waals surface area (Å²) in [6.45, 7) is 0.864. The standard InChI is InChI=1S/C17H17F6N3O3/c1-9(27)24-6-10-2-3-12(13(25-10)16(18,19)20)29-11-4-15(5-11)7-26(8-15)14(28)17(21,22)23/h2-3,11H,4-8H2,1H3,(H,24,27). The predicted molar refractivity (Wildman–Crippen MR) is 85.5 cm³/mol. The summed E-state index contributed by atoms with van der Waals surface area (Å²) in [6, 6.07) is 2.40. The number of nitrogens with zero attached hydrogens (tertiary/aromatic N) is 2. The molecule has 3 rings (SSSR count). The third kappa shape index (κ3) is 4.56. The first-order chi connectivity index (χ1) is 13.3. The van der Waals surface area contributed by atoms with Crippen molar-refractivity contribution in [3.8, 4) is 5.75 Å². The van der Waals surface area contributed by atoms with Crippen LogP contribution in [0.3, 0.4) is 0 Å². The molecule has 1 aliphatic carbocycles. The van der Waals surface area contributed by atoms with Gasteiger partial charge in [0.25, 0.3) is 0 Å². The molecular formula is C17H17F6N3O3. The number of halogens is 6. The first kappa shape index (κ1) is 21.2. The third-order valence-electron chi connectivity index (χ3n) is 4.90. The number of hydrogen-bond acceptors (Lipinski definition) is 4. The van der Waals surface area contributed by atoms with Gasteiger partial charge in [-0.2, -0.15) is 26.3 Å². The normalized spacial score (nSPS) is 18.8. The number of nitrogens with one attached hydrogen (secondary N) is 1. The van der Waals surface area contributed by atoms with Gasteiger partial charge in [-0.1, -0.05) is 0 Å². The number of alkyl halides is 6. The largest absolute Gasteiger partial charge is 0.488 e. The van der Waals surface area contributed by atoms with Crippen molar-refractivity contribution >= 4 is 11.8 Å². The molecule has 2 amide bonds. The Balaban J connectivity index is 1.60. The predicted octanol–water partition coefficient (Wildman–Crippen LogP) is 2.67. The van der Waals surface area contributed by atoms with E-state index >= 15 is 0 Å². The number of ether oxygens (including phenoxy) is 1. The van der Waals surface area contributed by atoms with Crippen LogP contribution in [0.5, 0.6) is 5.75 Å². The number of carbonyl (C=O) groups is 2. The van der Waals surface area contributed by atoms with Crippen LogP contribution in [0, 0.1) is 5.41 Å². The molecule has 2 fully saturated rings. The van der Waals surface area contributed by atoms with Crippen molar-refractivity contribution in [1.82, 2.24) is 15.2 Å². The zero-order valence-corrected chi connectivity index (χ0v) is 15.2. The smallest absolute Gasteiger partial charge is 0.471 e. The van der Waals surface area contributed by atoms with Gasteiger partial charge in [-0.3, -0.25) is 9.59 Å². The van der Waals surface area contributed by atoms with E-state index in [1.165, 1.54) is 13.0 Å². The highest BCUT2D eigenvalue weighted by Crippen LogP contribution is 2.51. The zero-order valence-electron chi connectivity index (χ0n) is 15.2. The number of hydrogen-bond donors (Lipinski definition) is 1. The molecule has 0 radical (unpaired) electrons. The van der Waals surface area contributed by atoms with E-state index in [-0.39, 0.29) is 38.2 Å². The lowest BCUT2D eigenvalue weighted by Crippen LogP contribution is -2.67. The summed E-state index contributed by atoms with van der Waals surface area (Å²) in [4.78, 5) is 26.2. The summed E-state index contributed by atoms with van der Waals surface area (Å²) in [6.07, 6.45) is -9.83. The first-order valence-electron chi connectivity index (χ1n) is 8.63. The molecule has 0 bridgehead atoms. The van der Waals surface area contributed by atoms with Gasteiger partial charge in [0.1, 0.15) is 6.10 Å². The van der Waals surface area contributed by atoms with Gasteiger partial charge in [-0.05, 0) is 25.0 Å². The van der Waals surface area contributed by atoms with Crippen molar-refractivity contribution in [2.24, 2.45) is 5.41 Å². The van der Waals surface area contributed by atoms with E-state index in [0.29, 0.717) is 4.90 Å². The second kappa shape index (κ2) is 7.06. The Morgan fingerprint density at radius 2 is 1.83 bits per heavy atom. The van der Waals surface area contributed by atoms with Crippen LogP contribution in [0.25, 0.3) is 0 Å². The number of aromatic nitrogens is 1. The van der Waals surface area contributed by atoms with Crippen LogP contribution in [-0.2, 0) is 22.3 Å². The lowest BCUT2D eigenvalue weighted by molar-refractivity contribution is -0.205. The summed E-state index contributed by atoms with van der Waals surface area (Å²) in [5, 5.41) is 2.35. The molecule has 0 aromatic carbocycles. The van der Waals surface area contributed by atoms with E-state index in [2.05, 4.69) is 10.3 Å². The number of carbonyl (C=O) groups excluding carboxylic acids is 2. The van der Waals surface area contributed by atoms with Crippen molar-refractivity contribution in [2.45, 2.75) is 44.8 Å². The average Bonchev–Trinajstić information content (AvgIpc) is 2.52. The van der Waals surface area contributed by atoms with Crippen LogP contribution in [0.15, 0.2) is 12.1 Å². The van der Waals surface area contributed by atoms with Crippen LogP contribution in [-0.4, -0.2) is 47.1 Å². The lowest BCUT2D eigenvalue weighted by atomic mass is 9.61. The summed E-state index contributed by atoms with van der Waals surface area (Å²) in [5.41, 5.74) is -1.77. The molecule has 2 aliphatic rings. The molecule has 29 heavy (non-hydrogen) atoms. The Morgan fingerprint density at radius 3 is 2.34 bits per heavy atom. The third-order valence-corrected chi connectivity index (χ3v) is 4.90. The van der Waals surface area contributed by atoms with Crippen LogP contribution < -0.4 is 10.1 Å². The summed E-state index contributed by atoms with van der Waals surface area (Å²) in [7, 11) is 0. The van der Waals surface area contributed by atoms with E-state index in [1.54, 1.807) is 0 Å². The van der Waals surface area contributed by atoms with Gasteiger partial charge in [0.05, 0.1) is 12.2 Å². The number of rotatable bonds is 4. The molecule has 6 nitrogen and oxygen atoms in total. The minimum atomic E-state index is -4.94. The van der Waals surface area contributed by atoms with Crippen molar-refractivity contribution in [3.63, 3.8) is 0 Å². The highest BCUT2D eigenvalue weighted by molar-refractivity contribution is 5.82. The Morgan fingerprint density at radius 1 is 1.21 bits per heavy atom. The molecule has 12 heteroatoms. The molecule has 0 atom stereocenters. The van der Waals surface area contributed by atoms with Crippen LogP contribution in [0.1, 0.15) is 31.2 Å². The van der Waals surface area contributed by atoms with Crippen molar-refractivity contribution in [2.75, 3.05) is 13.1 Å². The Kier molecular flexibility index (Phi) is 5.16. The van der Waals surface area contributed by atoms with Gasteiger partial charge in [-0.25, -0.2) is 4.98 Å². The molecule has 1 N–H and O–H groups in total. The SMILES string of the molecule is CC(=O)NCc1ccc(OC2CC3(C2)CN(C(=O)C(F)(F)F)C3)c(C(F)(F)F)n1. The maximum absolute atomic E-state index is 13.3. The highest BCUT2D eigenvalue weighted by atomic mass is 19.4. The van der Waals surface area contributed by atoms with Crippen LogP contribution in [0.4, 0.5) is 26.3 Å². The van der Waals surface area contributed by atoms with E-state index in [0.717, 1.165) is 6.07 Å². The molecule has 0 unspecified atom stereocenters. The molecule has 1 saturated carbocycles. The summed E-state index contributed by atoms with van der Waals surface area (Å²) >= 11 is 0. The van der Waals surface area contributed by atoms with E-state index in [9.17, 15) is 35.9 Å². The molecule has 1 saturated heterocycles. The molecule has 1 aromatic heterocycles. The molecule has 160 valence electrons. The van der Waals surface area contributed by atoms with E-state index < -0.39 is 47.1 Å². The van der Waals surface area contributed by atoms with Crippen LogP contribution >= 0.6 is 0 Å². The zero-order chi connectivity index (χ0) is 21.6. The second-order valence-corrected chi connectivity index (χ2v) is 7.36. The topological polar surface area (TPSA) is 71.5 Å². The molecule has 1 spiro atoms. The van der Waals surface area contributed by atoms with Gasteiger partial charge < -0.3 is 15.0 Å². The number of pyridine rings is 1. The summed E-state index contributed by atoms with van der Waals surface area (Å²) < 4.78 is 82.5. The second-order valence-electron chi connectivity index (χ2n) is 7.36. The van der Waals surface area contributed by atoms with Crippen molar-refractivity contribution < 1.29 is 40.7 Å². The van der Waals surface area contributed by atoms with Gasteiger partial charge in [0.15, 0.2) is 11.4 Å². The Hall–Kier alpha value is -2.53. The average molecular weight is 425 g/mol. The van der Waals surface area contributed by atoms with Crippen LogP contribution in [0.2, 0.25) is 0 Å². The molecular weight excluding hydrogens is 408 g/mol. The van der Waals surface area contributed by atoms with E-state index in [1.807, 2.05) is 0 Å². The van der Waals surface area contributed by atoms with Crippen molar-refractivity contribution in [1.29, 1.82) is 0 Å². The first-order valence-corrected chi connectivity index (χ1v) is 8.63. The van der Waals surface area contributed by atoms with Gasteiger partial charge >= 0.3 is 18.3 Å². The van der Waals surface area contributed by atoms with Gasteiger partial charge in [0, 0.05) is 25.4 Å². The highest BCUT2D eigenvalue weighted by Gasteiger charge is 2.58. The fourth-order valence-electron chi connectivity index (χ4n) is 3.61. The van der Waals surface area contributed by atoms with Crippen molar-refractivity contribution in [3.05, 3.63) is 23.5 Å². The van der Waals surface area contributed by atoms with Gasteiger partial charge in [0.2, 0.25) is 5.91 Å². The van der Waals surface area contributed by atoms with Gasteiger partial charge in [-0.15, -0.1) is 0 Å². The monoisotopic (exact) mass is 425 g/mol. The fourth-order valence-corrected chi connectivity index (χ4v) is 3.61. The lowest BCUT2D eigenvalue weighted by Gasteiger charge is -2.58. The summed E-state index contributed by atoms with van der Waals surface area (Å²) in [5.74, 6) is -2.81. The maximum Gasteiger partial charge on any atom is 0.471 e. The molecule has 1 aromatic rings. The quantitative estimate of drug-likeness (QED) is 0.754. The number of likely N-dealkylation sites (tertiary alicyclic amines) is 1. The maximum atomic E-state index is 13.3. The minimum absolute atomic E-state index is 0.00486.